The predicted molar refractivity (Wildman–Crippen MR) is 83.0 cm³/mol. The van der Waals surface area contributed by atoms with E-state index in [1.807, 2.05) is 0 Å². The zero-order valence-electron chi connectivity index (χ0n) is 14.3. The molecule has 1 saturated heterocycles. The third-order valence-electron chi connectivity index (χ3n) is 4.00. The van der Waals surface area contributed by atoms with Gasteiger partial charge in [-0.25, -0.2) is 4.79 Å². The molecule has 1 amide bonds. The Labute approximate surface area is 153 Å². The van der Waals surface area contributed by atoms with Crippen molar-refractivity contribution in [3.63, 3.8) is 0 Å². The summed E-state index contributed by atoms with van der Waals surface area (Å²) in [6.45, 7) is -0.649. The number of amides is 1. The minimum atomic E-state index is -1.99. The van der Waals surface area contributed by atoms with Crippen LogP contribution >= 0.6 is 0 Å². The van der Waals surface area contributed by atoms with Crippen molar-refractivity contribution in [2.45, 2.75) is 62.0 Å². The summed E-state index contributed by atoms with van der Waals surface area (Å²) in [5.41, 5.74) is 0. The molecule has 1 aliphatic rings. The second-order valence-corrected chi connectivity index (χ2v) is 6.07. The highest BCUT2D eigenvalue weighted by Crippen LogP contribution is 2.25. The molecule has 0 spiro atoms. The number of hydrogen-bond acceptors (Lipinski definition) is 11. The molecule has 9 N–H and O–H groups in total. The molecule has 9 atom stereocenters. The topological polar surface area (TPSA) is 226 Å². The quantitative estimate of drug-likeness (QED) is 0.177. The molecule has 13 heteroatoms. The summed E-state index contributed by atoms with van der Waals surface area (Å²) in [5, 5.41) is 78.9. The molecule has 1 fully saturated rings. The second-order valence-electron chi connectivity index (χ2n) is 6.07. The van der Waals surface area contributed by atoms with Crippen LogP contribution in [0.25, 0.3) is 0 Å². The smallest absolute Gasteiger partial charge is 0.335 e. The van der Waals surface area contributed by atoms with Crippen LogP contribution in [-0.4, -0.2) is 121 Å². The lowest BCUT2D eigenvalue weighted by atomic mass is 9.97. The van der Waals surface area contributed by atoms with Crippen LogP contribution in [0.1, 0.15) is 6.92 Å². The predicted octanol–water partition coefficient (Wildman–Crippen LogP) is -5.53. The average molecular weight is 399 g/mol. The third-order valence-corrected chi connectivity index (χ3v) is 4.00. The maximum Gasteiger partial charge on any atom is 0.335 e. The van der Waals surface area contributed by atoms with Gasteiger partial charge >= 0.3 is 5.97 Å². The molecule has 27 heavy (non-hydrogen) atoms. The van der Waals surface area contributed by atoms with E-state index in [1.165, 1.54) is 0 Å². The minimum Gasteiger partial charge on any atom is -0.479 e. The minimum absolute atomic E-state index is 0.655. The van der Waals surface area contributed by atoms with E-state index >= 15 is 0 Å². The first-order chi connectivity index (χ1) is 12.5. The molecule has 0 unspecified atom stereocenters. The van der Waals surface area contributed by atoms with Gasteiger partial charge in [0.2, 0.25) is 5.91 Å². The lowest BCUT2D eigenvalue weighted by Gasteiger charge is -2.42. The zero-order chi connectivity index (χ0) is 20.9. The number of aliphatic hydroxyl groups is 7. The Hall–Kier alpha value is -1.42. The summed E-state index contributed by atoms with van der Waals surface area (Å²) < 4.78 is 10.1. The van der Waals surface area contributed by atoms with Gasteiger partial charge in [-0.1, -0.05) is 0 Å². The van der Waals surface area contributed by atoms with E-state index in [0.29, 0.717) is 0 Å². The van der Waals surface area contributed by atoms with Gasteiger partial charge in [0.25, 0.3) is 0 Å². The summed E-state index contributed by atoms with van der Waals surface area (Å²) in [7, 11) is 0. The number of rotatable bonds is 9. The number of aliphatic carboxylic acids is 1. The number of carboxylic acid groups (broad SMARTS) is 1. The standard InChI is InChI=1S/C14H25NO12/c1-4(18)15-5(2-16)11(7(20)6(19)3-17)26-14-10(23)8(21)9(22)12(27-14)13(24)25/h5-12,14,16-17,19-23H,2-3H2,1H3,(H,15,18)(H,24,25)/t5-,6+,7+,8-,9-,10+,11+,12-,14+/m0/s1. The Morgan fingerprint density at radius 1 is 1.07 bits per heavy atom. The van der Waals surface area contributed by atoms with E-state index in [9.17, 15) is 40.2 Å². The Kier molecular flexibility index (Phi) is 8.93. The number of ether oxygens (including phenoxy) is 2. The molecule has 13 nitrogen and oxygen atoms in total. The van der Waals surface area contributed by atoms with Crippen LogP contribution in [0.4, 0.5) is 0 Å². The van der Waals surface area contributed by atoms with Crippen LogP contribution in [-0.2, 0) is 19.1 Å². The summed E-state index contributed by atoms with van der Waals surface area (Å²) >= 11 is 0. The zero-order valence-corrected chi connectivity index (χ0v) is 14.3. The largest absolute Gasteiger partial charge is 0.479 e. The second kappa shape index (κ2) is 10.2. The highest BCUT2D eigenvalue weighted by Gasteiger charge is 2.49. The van der Waals surface area contributed by atoms with Crippen molar-refractivity contribution in [1.29, 1.82) is 0 Å². The van der Waals surface area contributed by atoms with Crippen molar-refractivity contribution in [3.8, 4) is 0 Å². The number of carbonyl (C=O) groups excluding carboxylic acids is 1. The average Bonchev–Trinajstić information content (AvgIpc) is 2.62. The van der Waals surface area contributed by atoms with Gasteiger partial charge in [0.15, 0.2) is 12.4 Å². The van der Waals surface area contributed by atoms with Gasteiger partial charge in [-0.3, -0.25) is 4.79 Å². The Morgan fingerprint density at radius 2 is 1.67 bits per heavy atom. The van der Waals surface area contributed by atoms with E-state index in [2.05, 4.69) is 5.32 Å². The number of nitrogens with one attached hydrogen (secondary N) is 1. The Bertz CT molecular complexity index is 504. The molecule has 1 rings (SSSR count). The van der Waals surface area contributed by atoms with Crippen LogP contribution in [0.5, 0.6) is 0 Å². The van der Waals surface area contributed by atoms with Gasteiger partial charge in [0.05, 0.1) is 19.3 Å². The fraction of sp³-hybridized carbons (Fsp3) is 0.857. The molecular formula is C14H25NO12. The first-order valence-corrected chi connectivity index (χ1v) is 7.98. The summed E-state index contributed by atoms with van der Waals surface area (Å²) in [5.74, 6) is -2.33. The molecule has 0 bridgehead atoms. The van der Waals surface area contributed by atoms with Crippen molar-refractivity contribution in [1.82, 2.24) is 5.32 Å². The first-order valence-electron chi connectivity index (χ1n) is 7.98. The lowest BCUT2D eigenvalue weighted by Crippen LogP contribution is -2.63. The molecule has 0 aromatic rings. The van der Waals surface area contributed by atoms with Gasteiger partial charge in [0.1, 0.15) is 36.6 Å². The van der Waals surface area contributed by atoms with Crippen LogP contribution < -0.4 is 5.32 Å². The van der Waals surface area contributed by atoms with Crippen molar-refractivity contribution >= 4 is 11.9 Å². The van der Waals surface area contributed by atoms with Gasteiger partial charge in [-0.05, 0) is 0 Å². The highest BCUT2D eigenvalue weighted by atomic mass is 16.7. The highest BCUT2D eigenvalue weighted by molar-refractivity contribution is 5.73. The van der Waals surface area contributed by atoms with E-state index in [4.69, 9.17) is 19.7 Å². The Morgan fingerprint density at radius 3 is 2.11 bits per heavy atom. The Balaban J connectivity index is 3.10. The summed E-state index contributed by atoms with van der Waals surface area (Å²) in [6, 6.07) is -1.36. The van der Waals surface area contributed by atoms with E-state index in [0.717, 1.165) is 6.92 Å². The molecule has 1 aliphatic heterocycles. The SMILES string of the molecule is CC(=O)N[C@@H](CO)[C@@H](O[C@@H]1O[C@H](C(=O)O)[C@@H](O)[C@H](O)[C@H]1O)[C@H](O)[C@H](O)CO. The number of carbonyl (C=O) groups is 2. The van der Waals surface area contributed by atoms with Crippen molar-refractivity contribution < 1.29 is 59.9 Å². The molecular weight excluding hydrogens is 374 g/mol. The molecule has 158 valence electrons. The fourth-order valence-corrected chi connectivity index (χ4v) is 2.55. The van der Waals surface area contributed by atoms with Crippen molar-refractivity contribution in [2.24, 2.45) is 0 Å². The van der Waals surface area contributed by atoms with Crippen molar-refractivity contribution in [3.05, 3.63) is 0 Å². The van der Waals surface area contributed by atoms with Gasteiger partial charge in [0, 0.05) is 6.92 Å². The van der Waals surface area contributed by atoms with Gasteiger partial charge < -0.3 is 55.6 Å². The van der Waals surface area contributed by atoms with E-state index in [1.54, 1.807) is 0 Å². The summed E-state index contributed by atoms with van der Waals surface area (Å²) in [4.78, 5) is 22.4. The number of hydrogen-bond donors (Lipinski definition) is 9. The molecule has 0 aliphatic carbocycles. The van der Waals surface area contributed by atoms with Gasteiger partial charge in [-0.15, -0.1) is 0 Å². The maximum atomic E-state index is 11.3. The maximum absolute atomic E-state index is 11.3. The molecule has 0 aromatic carbocycles. The molecule has 0 aromatic heterocycles. The number of aliphatic hydroxyl groups excluding tert-OH is 7. The number of carboxylic acids is 1. The third kappa shape index (κ3) is 5.78. The van der Waals surface area contributed by atoms with Crippen molar-refractivity contribution in [2.75, 3.05) is 13.2 Å². The summed E-state index contributed by atoms with van der Waals surface area (Å²) in [6.07, 6.45) is -15.2. The fourth-order valence-electron chi connectivity index (χ4n) is 2.55. The van der Waals surface area contributed by atoms with Crippen LogP contribution in [0, 0.1) is 0 Å². The van der Waals surface area contributed by atoms with Crippen LogP contribution in [0.15, 0.2) is 0 Å². The van der Waals surface area contributed by atoms with Gasteiger partial charge in [-0.2, -0.15) is 0 Å². The first kappa shape index (κ1) is 23.6. The lowest BCUT2D eigenvalue weighted by molar-refractivity contribution is -0.315. The molecule has 0 radical (unpaired) electrons. The van der Waals surface area contributed by atoms with Crippen LogP contribution in [0.3, 0.4) is 0 Å². The van der Waals surface area contributed by atoms with E-state index in [-0.39, 0.29) is 0 Å². The molecule has 1 heterocycles. The van der Waals surface area contributed by atoms with Crippen LogP contribution in [0.2, 0.25) is 0 Å². The normalized spacial score (nSPS) is 33.0. The monoisotopic (exact) mass is 399 g/mol. The van der Waals surface area contributed by atoms with E-state index < -0.39 is 80.1 Å². The molecule has 0 saturated carbocycles.